The lowest BCUT2D eigenvalue weighted by atomic mass is 9.73. The Morgan fingerprint density at radius 1 is 1.37 bits per heavy atom. The zero-order valence-corrected chi connectivity index (χ0v) is 13.4. The van der Waals surface area contributed by atoms with E-state index in [-0.39, 0.29) is 5.60 Å². The Labute approximate surface area is 120 Å². The number of ether oxygens (including phenoxy) is 1. The van der Waals surface area contributed by atoms with Crippen LogP contribution in [0.2, 0.25) is 0 Å². The zero-order valence-electron chi connectivity index (χ0n) is 13.4. The molecule has 0 aromatic heterocycles. The van der Waals surface area contributed by atoms with Gasteiger partial charge in [-0.05, 0) is 57.4 Å². The molecule has 0 radical (unpaired) electrons. The Morgan fingerprint density at radius 3 is 2.47 bits per heavy atom. The molecule has 1 aliphatic carbocycles. The van der Waals surface area contributed by atoms with E-state index in [1.807, 2.05) is 7.11 Å². The van der Waals surface area contributed by atoms with Gasteiger partial charge in [0.05, 0.1) is 5.60 Å². The molecular weight excluding hydrogens is 234 g/mol. The minimum Gasteiger partial charge on any atom is -0.377 e. The van der Waals surface area contributed by atoms with E-state index in [4.69, 9.17) is 4.74 Å². The van der Waals surface area contributed by atoms with Crippen LogP contribution in [0.1, 0.15) is 65.7 Å². The predicted octanol–water partition coefficient (Wildman–Crippen LogP) is 4.31. The van der Waals surface area contributed by atoms with Gasteiger partial charge in [0.1, 0.15) is 0 Å². The summed E-state index contributed by atoms with van der Waals surface area (Å²) in [7, 11) is 1.89. The first-order valence-corrected chi connectivity index (χ1v) is 8.03. The normalized spacial score (nSPS) is 29.2. The van der Waals surface area contributed by atoms with Crippen molar-refractivity contribution in [3.05, 3.63) is 12.2 Å². The molecule has 19 heavy (non-hydrogen) atoms. The van der Waals surface area contributed by atoms with Crippen LogP contribution in [0.5, 0.6) is 0 Å². The summed E-state index contributed by atoms with van der Waals surface area (Å²) in [5.74, 6) is 0.851. The van der Waals surface area contributed by atoms with Crippen molar-refractivity contribution in [3.63, 3.8) is 0 Å². The SMILES string of the molecule is C=C(CC)CC(NCCC)C1(OC)CCC(C)CC1. The first-order valence-electron chi connectivity index (χ1n) is 8.03. The molecule has 0 aromatic rings. The third kappa shape index (κ3) is 4.61. The van der Waals surface area contributed by atoms with Gasteiger partial charge in [-0.2, -0.15) is 0 Å². The molecule has 0 aromatic carbocycles. The highest BCUT2D eigenvalue weighted by atomic mass is 16.5. The van der Waals surface area contributed by atoms with Crippen molar-refractivity contribution < 1.29 is 4.74 Å². The lowest BCUT2D eigenvalue weighted by molar-refractivity contribution is -0.0745. The highest BCUT2D eigenvalue weighted by Crippen LogP contribution is 2.38. The molecule has 1 aliphatic rings. The van der Waals surface area contributed by atoms with Gasteiger partial charge >= 0.3 is 0 Å². The lowest BCUT2D eigenvalue weighted by Crippen LogP contribution is -2.54. The van der Waals surface area contributed by atoms with Crippen LogP contribution in [0, 0.1) is 5.92 Å². The molecule has 1 N–H and O–H groups in total. The standard InChI is InChI=1S/C17H33NO/c1-6-12-18-16(13-14(3)7-2)17(19-5)10-8-15(4)9-11-17/h15-16,18H,3,6-13H2,1-2,4-5H3. The average Bonchev–Trinajstić information content (AvgIpc) is 2.44. The number of hydrogen-bond acceptors (Lipinski definition) is 2. The van der Waals surface area contributed by atoms with Crippen LogP contribution in [0.15, 0.2) is 12.2 Å². The molecule has 2 nitrogen and oxygen atoms in total. The van der Waals surface area contributed by atoms with Gasteiger partial charge in [-0.15, -0.1) is 0 Å². The zero-order chi connectivity index (χ0) is 14.3. The van der Waals surface area contributed by atoms with E-state index in [1.54, 1.807) is 0 Å². The van der Waals surface area contributed by atoms with Crippen molar-refractivity contribution in [1.82, 2.24) is 5.32 Å². The maximum absolute atomic E-state index is 6.03. The molecule has 112 valence electrons. The van der Waals surface area contributed by atoms with Crippen LogP contribution in [0.4, 0.5) is 0 Å². The number of methoxy groups -OCH3 is 1. The van der Waals surface area contributed by atoms with E-state index in [0.717, 1.165) is 25.3 Å². The quantitative estimate of drug-likeness (QED) is 0.662. The molecular formula is C17H33NO. The fourth-order valence-electron chi connectivity index (χ4n) is 3.14. The molecule has 1 rings (SSSR count). The highest BCUT2D eigenvalue weighted by Gasteiger charge is 2.41. The van der Waals surface area contributed by atoms with Gasteiger partial charge in [0.15, 0.2) is 0 Å². The molecule has 0 heterocycles. The summed E-state index contributed by atoms with van der Waals surface area (Å²) in [6, 6.07) is 0.428. The molecule has 1 fully saturated rings. The van der Waals surface area contributed by atoms with Gasteiger partial charge in [0.2, 0.25) is 0 Å². The van der Waals surface area contributed by atoms with E-state index in [1.165, 1.54) is 37.7 Å². The van der Waals surface area contributed by atoms with Crippen LogP contribution < -0.4 is 5.32 Å². The maximum atomic E-state index is 6.03. The van der Waals surface area contributed by atoms with Crippen molar-refractivity contribution in [1.29, 1.82) is 0 Å². The van der Waals surface area contributed by atoms with Crippen LogP contribution in [-0.4, -0.2) is 25.3 Å². The van der Waals surface area contributed by atoms with E-state index in [2.05, 4.69) is 32.7 Å². The highest BCUT2D eigenvalue weighted by molar-refractivity contribution is 5.05. The Kier molecular flexibility index (Phi) is 7.09. The first kappa shape index (κ1) is 16.7. The fraction of sp³-hybridized carbons (Fsp3) is 0.882. The second-order valence-electron chi connectivity index (χ2n) is 6.27. The molecule has 0 aliphatic heterocycles. The van der Waals surface area contributed by atoms with Crippen LogP contribution >= 0.6 is 0 Å². The average molecular weight is 267 g/mol. The molecule has 1 atom stereocenters. The summed E-state index contributed by atoms with van der Waals surface area (Å²) in [5, 5.41) is 3.73. The van der Waals surface area contributed by atoms with Crippen molar-refractivity contribution in [3.8, 4) is 0 Å². The minimum atomic E-state index is 0.0276. The second-order valence-corrected chi connectivity index (χ2v) is 6.27. The number of hydrogen-bond donors (Lipinski definition) is 1. The Morgan fingerprint density at radius 2 is 2.00 bits per heavy atom. The molecule has 0 saturated heterocycles. The number of nitrogens with one attached hydrogen (secondary N) is 1. The fourth-order valence-corrected chi connectivity index (χ4v) is 3.14. The van der Waals surface area contributed by atoms with Crippen molar-refractivity contribution >= 4 is 0 Å². The van der Waals surface area contributed by atoms with Crippen molar-refractivity contribution in [2.75, 3.05) is 13.7 Å². The maximum Gasteiger partial charge on any atom is 0.0834 e. The largest absolute Gasteiger partial charge is 0.377 e. The van der Waals surface area contributed by atoms with Gasteiger partial charge in [-0.1, -0.05) is 32.9 Å². The molecule has 0 bridgehead atoms. The summed E-state index contributed by atoms with van der Waals surface area (Å²) >= 11 is 0. The molecule has 1 unspecified atom stereocenters. The second kappa shape index (κ2) is 8.06. The molecule has 1 saturated carbocycles. The van der Waals surface area contributed by atoms with Gasteiger partial charge in [0.25, 0.3) is 0 Å². The third-order valence-corrected chi connectivity index (χ3v) is 4.80. The third-order valence-electron chi connectivity index (χ3n) is 4.80. The van der Waals surface area contributed by atoms with Gasteiger partial charge in [-0.3, -0.25) is 0 Å². The summed E-state index contributed by atoms with van der Waals surface area (Å²) in [6.07, 6.45) is 8.24. The Hall–Kier alpha value is -0.340. The smallest absolute Gasteiger partial charge is 0.0834 e. The predicted molar refractivity (Wildman–Crippen MR) is 83.5 cm³/mol. The van der Waals surface area contributed by atoms with Crippen LogP contribution in [0.25, 0.3) is 0 Å². The molecule has 0 amide bonds. The van der Waals surface area contributed by atoms with Crippen molar-refractivity contribution in [2.45, 2.75) is 77.4 Å². The summed E-state index contributed by atoms with van der Waals surface area (Å²) < 4.78 is 6.03. The molecule has 0 spiro atoms. The van der Waals surface area contributed by atoms with Crippen LogP contribution in [-0.2, 0) is 4.74 Å². The topological polar surface area (TPSA) is 21.3 Å². The van der Waals surface area contributed by atoms with E-state index in [9.17, 15) is 0 Å². The Bertz CT molecular complexity index is 266. The number of rotatable bonds is 8. The van der Waals surface area contributed by atoms with Gasteiger partial charge < -0.3 is 10.1 Å². The Balaban J connectivity index is 2.76. The van der Waals surface area contributed by atoms with Gasteiger partial charge in [0, 0.05) is 13.2 Å². The summed E-state index contributed by atoms with van der Waals surface area (Å²) in [4.78, 5) is 0. The monoisotopic (exact) mass is 267 g/mol. The van der Waals surface area contributed by atoms with E-state index >= 15 is 0 Å². The van der Waals surface area contributed by atoms with Crippen molar-refractivity contribution in [2.24, 2.45) is 5.92 Å². The summed E-state index contributed by atoms with van der Waals surface area (Å²) in [5.41, 5.74) is 1.36. The van der Waals surface area contributed by atoms with E-state index in [0.29, 0.717) is 6.04 Å². The molecule has 2 heteroatoms. The van der Waals surface area contributed by atoms with E-state index < -0.39 is 0 Å². The summed E-state index contributed by atoms with van der Waals surface area (Å²) in [6.45, 7) is 12.1. The minimum absolute atomic E-state index is 0.0276. The van der Waals surface area contributed by atoms with Gasteiger partial charge in [-0.25, -0.2) is 0 Å². The first-order chi connectivity index (χ1) is 9.07. The lowest BCUT2D eigenvalue weighted by Gasteiger charge is -2.44. The van der Waals surface area contributed by atoms with Crippen LogP contribution in [0.3, 0.4) is 0 Å².